The fourth-order valence-corrected chi connectivity index (χ4v) is 3.31. The number of anilines is 1. The van der Waals surface area contributed by atoms with Gasteiger partial charge in [0.2, 0.25) is 0 Å². The molecule has 1 unspecified atom stereocenters. The minimum absolute atomic E-state index is 0.0838. The van der Waals surface area contributed by atoms with Crippen LogP contribution in [0.1, 0.15) is 58.9 Å². The molecule has 1 atom stereocenters. The molecule has 4 heteroatoms. The summed E-state index contributed by atoms with van der Waals surface area (Å²) in [4.78, 5) is 10.8. The Balaban J connectivity index is 1.83. The lowest BCUT2D eigenvalue weighted by Gasteiger charge is -2.32. The van der Waals surface area contributed by atoms with Gasteiger partial charge in [0.15, 0.2) is 0 Å². The molecule has 4 nitrogen and oxygen atoms in total. The molecule has 23 heavy (non-hydrogen) atoms. The number of amides is 1. The second kappa shape index (κ2) is 7.24. The topological polar surface area (TPSA) is 64.3 Å². The normalized spacial score (nSPS) is 23.1. The van der Waals surface area contributed by atoms with Crippen molar-refractivity contribution in [1.82, 2.24) is 0 Å². The summed E-state index contributed by atoms with van der Waals surface area (Å²) < 4.78 is 5.11. The van der Waals surface area contributed by atoms with Crippen LogP contribution < -0.4 is 11.1 Å². The third-order valence-corrected chi connectivity index (χ3v) is 4.86. The zero-order valence-electron chi connectivity index (χ0n) is 14.8. The first kappa shape index (κ1) is 17.6. The highest BCUT2D eigenvalue weighted by Crippen LogP contribution is 2.30. The van der Waals surface area contributed by atoms with Gasteiger partial charge in [-0.3, -0.25) is 0 Å². The molecule has 0 saturated heterocycles. The summed E-state index contributed by atoms with van der Waals surface area (Å²) >= 11 is 0. The second-order valence-corrected chi connectivity index (χ2v) is 7.73. The predicted octanol–water partition coefficient (Wildman–Crippen LogP) is 4.44. The molecular weight excluding hydrogens is 288 g/mol. The van der Waals surface area contributed by atoms with Gasteiger partial charge in [-0.15, -0.1) is 0 Å². The van der Waals surface area contributed by atoms with Crippen LogP contribution in [0, 0.1) is 5.92 Å². The Labute approximate surface area is 139 Å². The van der Waals surface area contributed by atoms with Crippen molar-refractivity contribution in [3.8, 4) is 0 Å². The van der Waals surface area contributed by atoms with Gasteiger partial charge in [0.1, 0.15) is 6.10 Å². The highest BCUT2D eigenvalue weighted by Gasteiger charge is 2.27. The molecule has 0 radical (unpaired) electrons. The Hall–Kier alpha value is -1.71. The van der Waals surface area contributed by atoms with Crippen LogP contribution in [-0.2, 0) is 10.2 Å². The third-order valence-electron chi connectivity index (χ3n) is 4.86. The van der Waals surface area contributed by atoms with Crippen LogP contribution in [0.4, 0.5) is 10.5 Å². The van der Waals surface area contributed by atoms with Gasteiger partial charge in [-0.05, 0) is 61.6 Å². The maximum Gasteiger partial charge on any atom is 0.404 e. The number of nitrogens with one attached hydrogen (secondary N) is 1. The van der Waals surface area contributed by atoms with E-state index >= 15 is 0 Å². The number of nitrogens with two attached hydrogens (primary N) is 1. The Bertz CT molecular complexity index is 511. The zero-order valence-corrected chi connectivity index (χ0v) is 14.8. The summed E-state index contributed by atoms with van der Waals surface area (Å²) in [6.45, 7) is 8.62. The zero-order chi connectivity index (χ0) is 17.0. The maximum atomic E-state index is 10.8. The first-order chi connectivity index (χ1) is 10.8. The van der Waals surface area contributed by atoms with Crippen LogP contribution in [0.2, 0.25) is 0 Å². The SMILES string of the molecule is CC(OC(N)=O)C1CCC(Nc2ccc(C(C)(C)C)cc2)CC1. The minimum atomic E-state index is -0.670. The summed E-state index contributed by atoms with van der Waals surface area (Å²) in [7, 11) is 0. The molecule has 1 aliphatic carbocycles. The number of hydrogen-bond acceptors (Lipinski definition) is 3. The molecule has 0 aliphatic heterocycles. The van der Waals surface area contributed by atoms with E-state index in [2.05, 4.69) is 50.4 Å². The molecular formula is C19H30N2O2. The average molecular weight is 318 g/mol. The van der Waals surface area contributed by atoms with Crippen molar-refractivity contribution in [2.24, 2.45) is 11.7 Å². The molecule has 2 rings (SSSR count). The quantitative estimate of drug-likeness (QED) is 0.862. The van der Waals surface area contributed by atoms with E-state index in [4.69, 9.17) is 10.5 Å². The third kappa shape index (κ3) is 5.15. The number of carbonyl (C=O) groups excluding carboxylic acids is 1. The molecule has 128 valence electrons. The largest absolute Gasteiger partial charge is 0.446 e. The lowest BCUT2D eigenvalue weighted by molar-refractivity contribution is 0.0647. The molecule has 1 aromatic carbocycles. The van der Waals surface area contributed by atoms with E-state index in [0.29, 0.717) is 12.0 Å². The average Bonchev–Trinajstić information content (AvgIpc) is 2.47. The van der Waals surface area contributed by atoms with Gasteiger partial charge in [-0.1, -0.05) is 32.9 Å². The molecule has 0 spiro atoms. The molecule has 1 aromatic rings. The number of carbonyl (C=O) groups is 1. The van der Waals surface area contributed by atoms with E-state index in [-0.39, 0.29) is 11.5 Å². The molecule has 0 aromatic heterocycles. The number of rotatable bonds is 4. The molecule has 1 saturated carbocycles. The second-order valence-electron chi connectivity index (χ2n) is 7.73. The van der Waals surface area contributed by atoms with Crippen molar-refractivity contribution in [2.75, 3.05) is 5.32 Å². The number of ether oxygens (including phenoxy) is 1. The molecule has 0 heterocycles. The van der Waals surface area contributed by atoms with E-state index in [0.717, 1.165) is 25.7 Å². The summed E-state index contributed by atoms with van der Waals surface area (Å²) in [6, 6.07) is 9.25. The van der Waals surface area contributed by atoms with Gasteiger partial charge < -0.3 is 15.8 Å². The number of benzene rings is 1. The van der Waals surface area contributed by atoms with Crippen LogP contribution in [0.25, 0.3) is 0 Å². The summed E-state index contributed by atoms with van der Waals surface area (Å²) in [5, 5.41) is 3.63. The predicted molar refractivity (Wildman–Crippen MR) is 94.6 cm³/mol. The lowest BCUT2D eigenvalue weighted by Crippen LogP contribution is -2.33. The standard InChI is InChI=1S/C19H30N2O2/c1-13(23-18(20)22)14-5-9-16(10-6-14)21-17-11-7-15(8-12-17)19(2,3)4/h7-8,11-14,16,21H,5-6,9-10H2,1-4H3,(H2,20,22). The van der Waals surface area contributed by atoms with Crippen molar-refractivity contribution in [1.29, 1.82) is 0 Å². The highest BCUT2D eigenvalue weighted by atomic mass is 16.6. The van der Waals surface area contributed by atoms with E-state index in [1.165, 1.54) is 11.3 Å². The van der Waals surface area contributed by atoms with Crippen LogP contribution >= 0.6 is 0 Å². The Kier molecular flexibility index (Phi) is 5.55. The minimum Gasteiger partial charge on any atom is -0.446 e. The van der Waals surface area contributed by atoms with Gasteiger partial charge >= 0.3 is 6.09 Å². The summed E-state index contributed by atoms with van der Waals surface area (Å²) in [6.07, 6.45) is 3.56. The van der Waals surface area contributed by atoms with Gasteiger partial charge in [0.05, 0.1) is 0 Å². The lowest BCUT2D eigenvalue weighted by atomic mass is 9.83. The first-order valence-electron chi connectivity index (χ1n) is 8.59. The van der Waals surface area contributed by atoms with E-state index in [1.54, 1.807) is 0 Å². The van der Waals surface area contributed by atoms with E-state index < -0.39 is 6.09 Å². The number of hydrogen-bond donors (Lipinski definition) is 2. The summed E-state index contributed by atoms with van der Waals surface area (Å²) in [5.41, 5.74) is 7.82. The molecule has 1 amide bonds. The maximum absolute atomic E-state index is 10.8. The van der Waals surface area contributed by atoms with Gasteiger partial charge in [-0.25, -0.2) is 4.79 Å². The van der Waals surface area contributed by atoms with E-state index in [9.17, 15) is 4.79 Å². The molecule has 3 N–H and O–H groups in total. The smallest absolute Gasteiger partial charge is 0.404 e. The van der Waals surface area contributed by atoms with Crippen LogP contribution in [-0.4, -0.2) is 18.2 Å². The van der Waals surface area contributed by atoms with Crippen LogP contribution in [0.3, 0.4) is 0 Å². The Morgan fingerprint density at radius 1 is 1.17 bits per heavy atom. The fraction of sp³-hybridized carbons (Fsp3) is 0.632. The summed E-state index contributed by atoms with van der Waals surface area (Å²) in [5.74, 6) is 0.420. The van der Waals surface area contributed by atoms with Crippen molar-refractivity contribution < 1.29 is 9.53 Å². The van der Waals surface area contributed by atoms with Crippen molar-refractivity contribution >= 4 is 11.8 Å². The Morgan fingerprint density at radius 2 is 1.74 bits per heavy atom. The first-order valence-corrected chi connectivity index (χ1v) is 8.59. The molecule has 1 aliphatic rings. The Morgan fingerprint density at radius 3 is 2.22 bits per heavy atom. The monoisotopic (exact) mass is 318 g/mol. The molecule has 0 bridgehead atoms. The van der Waals surface area contributed by atoms with Crippen molar-refractivity contribution in [3.05, 3.63) is 29.8 Å². The number of primary amides is 1. The van der Waals surface area contributed by atoms with Crippen molar-refractivity contribution in [2.45, 2.75) is 70.9 Å². The fourth-order valence-electron chi connectivity index (χ4n) is 3.31. The molecule has 1 fully saturated rings. The van der Waals surface area contributed by atoms with Crippen LogP contribution in [0.5, 0.6) is 0 Å². The van der Waals surface area contributed by atoms with Crippen molar-refractivity contribution in [3.63, 3.8) is 0 Å². The van der Waals surface area contributed by atoms with E-state index in [1.807, 2.05) is 6.92 Å². The van der Waals surface area contributed by atoms with Crippen LogP contribution in [0.15, 0.2) is 24.3 Å². The van der Waals surface area contributed by atoms with Gasteiger partial charge in [-0.2, -0.15) is 0 Å². The van der Waals surface area contributed by atoms with Gasteiger partial charge in [0.25, 0.3) is 0 Å². The van der Waals surface area contributed by atoms with Gasteiger partial charge in [0, 0.05) is 11.7 Å². The highest BCUT2D eigenvalue weighted by molar-refractivity contribution is 5.64.